The lowest BCUT2D eigenvalue weighted by molar-refractivity contribution is 0.0205. The summed E-state index contributed by atoms with van der Waals surface area (Å²) in [5.41, 5.74) is 3.51. The Morgan fingerprint density at radius 2 is 2.00 bits per heavy atom. The zero-order chi connectivity index (χ0) is 18.9. The summed E-state index contributed by atoms with van der Waals surface area (Å²) in [5.74, 6) is 0.501. The summed E-state index contributed by atoms with van der Waals surface area (Å²) in [6, 6.07) is 6.76. The zero-order valence-electron chi connectivity index (χ0n) is 16.2. The maximum atomic E-state index is 12.2. The van der Waals surface area contributed by atoms with Gasteiger partial charge in [0.1, 0.15) is 5.60 Å². The quantitative estimate of drug-likeness (QED) is 0.661. The number of carbonyl (C=O) groups excluding carboxylic acids is 1. The van der Waals surface area contributed by atoms with Gasteiger partial charge in [0.15, 0.2) is 0 Å². The van der Waals surface area contributed by atoms with E-state index in [1.807, 2.05) is 25.7 Å². The highest BCUT2D eigenvalue weighted by molar-refractivity contribution is 9.10. The molecule has 0 radical (unpaired) electrons. The van der Waals surface area contributed by atoms with Gasteiger partial charge in [-0.05, 0) is 85.1 Å². The summed E-state index contributed by atoms with van der Waals surface area (Å²) >= 11 is 3.67. The van der Waals surface area contributed by atoms with Crippen molar-refractivity contribution in [3.05, 3.63) is 33.9 Å². The molecule has 1 aliphatic heterocycles. The maximum Gasteiger partial charge on any atom is 0.410 e. The Hall–Kier alpha value is -1.49. The van der Waals surface area contributed by atoms with Crippen molar-refractivity contribution >= 4 is 32.9 Å². The van der Waals surface area contributed by atoms with Crippen molar-refractivity contribution in [3.63, 3.8) is 0 Å². The number of aromatic nitrogens is 1. The van der Waals surface area contributed by atoms with Gasteiger partial charge >= 0.3 is 6.09 Å². The first-order chi connectivity index (χ1) is 12.3. The number of hydrogen-bond donors (Lipinski definition) is 1. The van der Waals surface area contributed by atoms with Crippen molar-refractivity contribution in [2.75, 3.05) is 13.1 Å². The predicted octanol–water partition coefficient (Wildman–Crippen LogP) is 6.00. The summed E-state index contributed by atoms with van der Waals surface area (Å²) in [7, 11) is 0. The highest BCUT2D eigenvalue weighted by Gasteiger charge is 2.27. The minimum atomic E-state index is -0.434. The number of amides is 1. The summed E-state index contributed by atoms with van der Waals surface area (Å²) in [6.45, 7) is 9.47. The lowest BCUT2D eigenvalue weighted by Gasteiger charge is -2.33. The molecule has 2 aromatic rings. The first kappa shape index (κ1) is 19.3. The van der Waals surface area contributed by atoms with Crippen LogP contribution in [-0.4, -0.2) is 34.7 Å². The number of halogens is 1. The van der Waals surface area contributed by atoms with E-state index in [-0.39, 0.29) is 6.09 Å². The number of aryl methyl sites for hydroxylation is 1. The molecule has 1 N–H and O–H groups in total. The molecule has 0 atom stereocenters. The number of piperidine rings is 1. The number of nitrogens with zero attached hydrogens (tertiary/aromatic N) is 1. The highest BCUT2D eigenvalue weighted by atomic mass is 79.9. The number of likely N-dealkylation sites (tertiary alicyclic amines) is 1. The molecule has 2 heterocycles. The van der Waals surface area contributed by atoms with Crippen LogP contribution in [0, 0.1) is 0 Å². The number of ether oxygens (including phenoxy) is 1. The standard InChI is InChI=1S/C21H29BrN2O2/c1-5-6-16-17-13-15(7-8-18(17)23-19(16)22)14-9-11-24(12-10-14)20(25)26-21(2,3)4/h7-8,13-14,23H,5-6,9-12H2,1-4H3. The van der Waals surface area contributed by atoms with Crippen LogP contribution in [0.4, 0.5) is 4.79 Å². The van der Waals surface area contributed by atoms with Crippen LogP contribution in [-0.2, 0) is 11.2 Å². The molecule has 5 heteroatoms. The SMILES string of the molecule is CCCc1c(Br)[nH]c2ccc(C3CCN(C(=O)OC(C)(C)C)CC3)cc12. The van der Waals surface area contributed by atoms with Gasteiger partial charge < -0.3 is 14.6 Å². The highest BCUT2D eigenvalue weighted by Crippen LogP contribution is 2.34. The molecule has 1 aromatic carbocycles. The fourth-order valence-corrected chi connectivity index (χ4v) is 4.33. The molecule has 0 saturated carbocycles. The van der Waals surface area contributed by atoms with Crippen molar-refractivity contribution in [1.29, 1.82) is 0 Å². The molecule has 3 rings (SSSR count). The summed E-state index contributed by atoms with van der Waals surface area (Å²) in [5, 5.41) is 1.32. The number of benzene rings is 1. The van der Waals surface area contributed by atoms with E-state index in [0.717, 1.165) is 43.4 Å². The van der Waals surface area contributed by atoms with Gasteiger partial charge in [-0.3, -0.25) is 0 Å². The van der Waals surface area contributed by atoms with Gasteiger partial charge in [0, 0.05) is 24.0 Å². The van der Waals surface area contributed by atoms with E-state index in [2.05, 4.69) is 46.0 Å². The van der Waals surface area contributed by atoms with Crippen molar-refractivity contribution in [2.45, 2.75) is 64.9 Å². The van der Waals surface area contributed by atoms with Crippen LogP contribution in [0.3, 0.4) is 0 Å². The van der Waals surface area contributed by atoms with Crippen molar-refractivity contribution < 1.29 is 9.53 Å². The van der Waals surface area contributed by atoms with Crippen LogP contribution in [0.2, 0.25) is 0 Å². The first-order valence-corrected chi connectivity index (χ1v) is 10.4. The lowest BCUT2D eigenvalue weighted by Crippen LogP contribution is -2.41. The molecular formula is C21H29BrN2O2. The average Bonchev–Trinajstić information content (AvgIpc) is 2.89. The van der Waals surface area contributed by atoms with Crippen LogP contribution >= 0.6 is 15.9 Å². The van der Waals surface area contributed by atoms with Gasteiger partial charge in [0.2, 0.25) is 0 Å². The Kier molecular flexibility index (Phi) is 5.66. The van der Waals surface area contributed by atoms with E-state index in [4.69, 9.17) is 4.74 Å². The summed E-state index contributed by atoms with van der Waals surface area (Å²) < 4.78 is 6.60. The second-order valence-electron chi connectivity index (χ2n) is 8.21. The number of aromatic amines is 1. The first-order valence-electron chi connectivity index (χ1n) is 9.56. The molecule has 26 heavy (non-hydrogen) atoms. The van der Waals surface area contributed by atoms with Crippen LogP contribution in [0.1, 0.15) is 64.0 Å². The van der Waals surface area contributed by atoms with E-state index in [1.165, 1.54) is 22.0 Å². The number of nitrogens with one attached hydrogen (secondary N) is 1. The Balaban J connectivity index is 1.71. The molecule has 1 amide bonds. The summed E-state index contributed by atoms with van der Waals surface area (Å²) in [6.07, 6.45) is 3.98. The van der Waals surface area contributed by atoms with Crippen molar-refractivity contribution in [1.82, 2.24) is 9.88 Å². The van der Waals surface area contributed by atoms with Crippen LogP contribution in [0.15, 0.2) is 22.8 Å². The molecule has 1 saturated heterocycles. The molecule has 4 nitrogen and oxygen atoms in total. The van der Waals surface area contributed by atoms with Crippen LogP contribution in [0.25, 0.3) is 10.9 Å². The van der Waals surface area contributed by atoms with Gasteiger partial charge in [-0.15, -0.1) is 0 Å². The maximum absolute atomic E-state index is 12.2. The van der Waals surface area contributed by atoms with Crippen molar-refractivity contribution in [3.8, 4) is 0 Å². The minimum absolute atomic E-state index is 0.189. The smallest absolute Gasteiger partial charge is 0.410 e. The summed E-state index contributed by atoms with van der Waals surface area (Å²) in [4.78, 5) is 17.5. The minimum Gasteiger partial charge on any atom is -0.444 e. The van der Waals surface area contributed by atoms with E-state index in [9.17, 15) is 4.79 Å². The van der Waals surface area contributed by atoms with E-state index in [1.54, 1.807) is 0 Å². The second kappa shape index (κ2) is 7.63. The van der Waals surface area contributed by atoms with E-state index in [0.29, 0.717) is 5.92 Å². The fraction of sp³-hybridized carbons (Fsp3) is 0.571. The Bertz CT molecular complexity index is 783. The largest absolute Gasteiger partial charge is 0.444 e. The molecule has 0 aliphatic carbocycles. The molecule has 142 valence electrons. The fourth-order valence-electron chi connectivity index (χ4n) is 3.70. The van der Waals surface area contributed by atoms with Gasteiger partial charge in [0.25, 0.3) is 0 Å². The molecule has 0 bridgehead atoms. The van der Waals surface area contributed by atoms with Crippen LogP contribution < -0.4 is 0 Å². The average molecular weight is 421 g/mol. The van der Waals surface area contributed by atoms with E-state index < -0.39 is 5.60 Å². The zero-order valence-corrected chi connectivity index (χ0v) is 17.8. The van der Waals surface area contributed by atoms with Gasteiger partial charge in [-0.1, -0.05) is 19.4 Å². The monoisotopic (exact) mass is 420 g/mol. The second-order valence-corrected chi connectivity index (χ2v) is 9.01. The predicted molar refractivity (Wildman–Crippen MR) is 110 cm³/mol. The third-order valence-corrected chi connectivity index (χ3v) is 5.67. The lowest BCUT2D eigenvalue weighted by atomic mass is 9.88. The molecule has 1 aromatic heterocycles. The number of H-pyrrole nitrogens is 1. The molecular weight excluding hydrogens is 392 g/mol. The third kappa shape index (κ3) is 4.25. The Morgan fingerprint density at radius 3 is 2.62 bits per heavy atom. The number of fused-ring (bicyclic) bond motifs is 1. The van der Waals surface area contributed by atoms with Gasteiger partial charge in [0.05, 0.1) is 4.60 Å². The van der Waals surface area contributed by atoms with E-state index >= 15 is 0 Å². The van der Waals surface area contributed by atoms with Crippen LogP contribution in [0.5, 0.6) is 0 Å². The molecule has 1 fully saturated rings. The number of hydrogen-bond acceptors (Lipinski definition) is 2. The number of rotatable bonds is 3. The Labute approximate surface area is 164 Å². The molecule has 0 spiro atoms. The number of carbonyl (C=O) groups is 1. The molecule has 0 unspecified atom stereocenters. The topological polar surface area (TPSA) is 45.3 Å². The van der Waals surface area contributed by atoms with Crippen molar-refractivity contribution in [2.24, 2.45) is 0 Å². The molecule has 1 aliphatic rings. The third-order valence-electron chi connectivity index (χ3n) is 5.00. The van der Waals surface area contributed by atoms with Gasteiger partial charge in [-0.2, -0.15) is 0 Å². The normalized spacial score (nSPS) is 16.3. The Morgan fingerprint density at radius 1 is 1.31 bits per heavy atom. The van der Waals surface area contributed by atoms with Gasteiger partial charge in [-0.25, -0.2) is 4.79 Å².